The van der Waals surface area contributed by atoms with Gasteiger partial charge in [-0.1, -0.05) is 31.2 Å². The third kappa shape index (κ3) is 4.95. The predicted molar refractivity (Wildman–Crippen MR) is 94.7 cm³/mol. The van der Waals surface area contributed by atoms with Crippen LogP contribution in [0.1, 0.15) is 30.9 Å². The number of ether oxygens (including phenoxy) is 1. The Bertz CT molecular complexity index is 518. The monoisotopic (exact) mass is 331 g/mol. The van der Waals surface area contributed by atoms with Gasteiger partial charge in [0.05, 0.1) is 13.2 Å². The van der Waals surface area contributed by atoms with Crippen LogP contribution in [0.5, 0.6) is 0 Å². The average Bonchev–Trinajstić information content (AvgIpc) is 2.63. The first-order valence-electron chi connectivity index (χ1n) is 9.11. The number of hydrogen-bond acceptors (Lipinski definition) is 3. The van der Waals surface area contributed by atoms with Crippen LogP contribution in [0.4, 0.5) is 4.79 Å². The molecule has 0 spiro atoms. The second-order valence-corrected chi connectivity index (χ2v) is 7.03. The normalized spacial score (nSPS) is 20.1. The molecule has 0 radical (unpaired) electrons. The molecular formula is C19H29N3O2. The van der Waals surface area contributed by atoms with E-state index in [4.69, 9.17) is 4.74 Å². The van der Waals surface area contributed by atoms with E-state index in [1.807, 2.05) is 4.90 Å². The molecule has 2 aliphatic rings. The number of likely N-dealkylation sites (tertiary alicyclic amines) is 1. The lowest BCUT2D eigenvalue weighted by Gasteiger charge is -2.30. The van der Waals surface area contributed by atoms with Gasteiger partial charge in [0.1, 0.15) is 0 Å². The zero-order valence-corrected chi connectivity index (χ0v) is 14.7. The van der Waals surface area contributed by atoms with Gasteiger partial charge in [-0.25, -0.2) is 4.79 Å². The Morgan fingerprint density at radius 2 is 1.71 bits per heavy atom. The number of nitrogens with one attached hydrogen (secondary N) is 1. The van der Waals surface area contributed by atoms with Crippen molar-refractivity contribution in [2.24, 2.45) is 5.92 Å². The third-order valence-electron chi connectivity index (χ3n) is 5.05. The highest BCUT2D eigenvalue weighted by Crippen LogP contribution is 2.18. The lowest BCUT2D eigenvalue weighted by Crippen LogP contribution is -2.45. The van der Waals surface area contributed by atoms with Crippen molar-refractivity contribution in [1.82, 2.24) is 15.1 Å². The fourth-order valence-electron chi connectivity index (χ4n) is 3.30. The molecular weight excluding hydrogens is 302 g/mol. The summed E-state index contributed by atoms with van der Waals surface area (Å²) < 4.78 is 5.27. The Morgan fingerprint density at radius 1 is 1.08 bits per heavy atom. The van der Waals surface area contributed by atoms with Crippen molar-refractivity contribution in [3.8, 4) is 0 Å². The quantitative estimate of drug-likeness (QED) is 0.922. The van der Waals surface area contributed by atoms with Crippen molar-refractivity contribution < 1.29 is 9.53 Å². The molecule has 0 bridgehead atoms. The Kier molecular flexibility index (Phi) is 6.10. The molecule has 0 aromatic heterocycles. The number of urea groups is 1. The van der Waals surface area contributed by atoms with Crippen LogP contribution in [0.3, 0.4) is 0 Å². The van der Waals surface area contributed by atoms with Gasteiger partial charge >= 0.3 is 6.03 Å². The van der Waals surface area contributed by atoms with Gasteiger partial charge < -0.3 is 15.0 Å². The number of carbonyl (C=O) groups excluding carboxylic acids is 1. The molecule has 2 aliphatic heterocycles. The van der Waals surface area contributed by atoms with Gasteiger partial charge in [0.25, 0.3) is 0 Å². The molecule has 1 aromatic carbocycles. The summed E-state index contributed by atoms with van der Waals surface area (Å²) in [5, 5.41) is 3.00. The first-order chi connectivity index (χ1) is 11.7. The smallest absolute Gasteiger partial charge is 0.317 e. The predicted octanol–water partition coefficient (Wildman–Crippen LogP) is 2.46. The van der Waals surface area contributed by atoms with Crippen LogP contribution in [0.15, 0.2) is 24.3 Å². The highest BCUT2D eigenvalue weighted by atomic mass is 16.5. The van der Waals surface area contributed by atoms with Crippen LogP contribution in [0.25, 0.3) is 0 Å². The SMILES string of the molecule is CC1CCN(Cc2ccc(CNC(=O)N3CCOCC3)cc2)CC1. The van der Waals surface area contributed by atoms with Crippen molar-refractivity contribution in [1.29, 1.82) is 0 Å². The second kappa shape index (κ2) is 8.49. The minimum absolute atomic E-state index is 0.00446. The number of hydrogen-bond donors (Lipinski definition) is 1. The van der Waals surface area contributed by atoms with Crippen LogP contribution in [0.2, 0.25) is 0 Å². The number of morpholine rings is 1. The first-order valence-corrected chi connectivity index (χ1v) is 9.11. The molecule has 2 amide bonds. The Hall–Kier alpha value is -1.59. The largest absolute Gasteiger partial charge is 0.378 e. The number of piperidine rings is 1. The molecule has 0 saturated carbocycles. The highest BCUT2D eigenvalue weighted by Gasteiger charge is 2.17. The van der Waals surface area contributed by atoms with Crippen molar-refractivity contribution in [2.45, 2.75) is 32.9 Å². The molecule has 2 saturated heterocycles. The fraction of sp³-hybridized carbons (Fsp3) is 0.632. The topological polar surface area (TPSA) is 44.8 Å². The van der Waals surface area contributed by atoms with Gasteiger partial charge in [0, 0.05) is 26.2 Å². The summed E-state index contributed by atoms with van der Waals surface area (Å²) in [5.74, 6) is 0.874. The lowest BCUT2D eigenvalue weighted by molar-refractivity contribution is 0.0531. The molecule has 5 nitrogen and oxygen atoms in total. The van der Waals surface area contributed by atoms with Crippen molar-refractivity contribution in [3.05, 3.63) is 35.4 Å². The summed E-state index contributed by atoms with van der Waals surface area (Å²) in [6.45, 7) is 9.01. The Morgan fingerprint density at radius 3 is 2.38 bits per heavy atom. The van der Waals surface area contributed by atoms with Crippen LogP contribution in [0, 0.1) is 5.92 Å². The molecule has 0 unspecified atom stereocenters. The number of amides is 2. The van der Waals surface area contributed by atoms with Gasteiger partial charge in [0.2, 0.25) is 0 Å². The number of benzene rings is 1. The minimum Gasteiger partial charge on any atom is -0.378 e. The van der Waals surface area contributed by atoms with E-state index in [-0.39, 0.29) is 6.03 Å². The van der Waals surface area contributed by atoms with E-state index in [1.54, 1.807) is 0 Å². The van der Waals surface area contributed by atoms with Crippen LogP contribution >= 0.6 is 0 Å². The van der Waals surface area contributed by atoms with Gasteiger partial charge in [-0.3, -0.25) is 4.90 Å². The molecule has 2 heterocycles. The van der Waals surface area contributed by atoms with E-state index < -0.39 is 0 Å². The zero-order chi connectivity index (χ0) is 16.8. The summed E-state index contributed by atoms with van der Waals surface area (Å²) in [4.78, 5) is 16.4. The second-order valence-electron chi connectivity index (χ2n) is 7.03. The standard InChI is InChI=1S/C19H29N3O2/c1-16-6-8-21(9-7-16)15-18-4-2-17(3-5-18)14-20-19(23)22-10-12-24-13-11-22/h2-5,16H,6-15H2,1H3,(H,20,23). The Labute approximate surface area is 145 Å². The number of carbonyl (C=O) groups is 1. The number of nitrogens with zero attached hydrogens (tertiary/aromatic N) is 2. The summed E-state index contributed by atoms with van der Waals surface area (Å²) in [6, 6.07) is 8.63. The van der Waals surface area contributed by atoms with Crippen LogP contribution in [-0.4, -0.2) is 55.2 Å². The molecule has 5 heteroatoms. The maximum atomic E-state index is 12.1. The van der Waals surface area contributed by atoms with Gasteiger partial charge in [0.15, 0.2) is 0 Å². The molecule has 24 heavy (non-hydrogen) atoms. The molecule has 1 N–H and O–H groups in total. The van der Waals surface area contributed by atoms with E-state index in [9.17, 15) is 4.79 Å². The molecule has 2 fully saturated rings. The van der Waals surface area contributed by atoms with E-state index in [0.29, 0.717) is 32.8 Å². The summed E-state index contributed by atoms with van der Waals surface area (Å²) >= 11 is 0. The maximum Gasteiger partial charge on any atom is 0.317 e. The van der Waals surface area contributed by atoms with E-state index >= 15 is 0 Å². The zero-order valence-electron chi connectivity index (χ0n) is 14.7. The van der Waals surface area contributed by atoms with Crippen molar-refractivity contribution in [2.75, 3.05) is 39.4 Å². The van der Waals surface area contributed by atoms with Crippen molar-refractivity contribution in [3.63, 3.8) is 0 Å². The molecule has 3 rings (SSSR count). The summed E-state index contributed by atoms with van der Waals surface area (Å²) in [7, 11) is 0. The van der Waals surface area contributed by atoms with E-state index in [0.717, 1.165) is 18.0 Å². The number of rotatable bonds is 4. The molecule has 0 atom stereocenters. The summed E-state index contributed by atoms with van der Waals surface area (Å²) in [6.07, 6.45) is 2.62. The minimum atomic E-state index is 0.00446. The molecule has 1 aromatic rings. The summed E-state index contributed by atoms with van der Waals surface area (Å²) in [5.41, 5.74) is 2.50. The fourth-order valence-corrected chi connectivity index (χ4v) is 3.30. The third-order valence-corrected chi connectivity index (χ3v) is 5.05. The van der Waals surface area contributed by atoms with Crippen LogP contribution < -0.4 is 5.32 Å². The van der Waals surface area contributed by atoms with Crippen LogP contribution in [-0.2, 0) is 17.8 Å². The van der Waals surface area contributed by atoms with Crippen molar-refractivity contribution >= 4 is 6.03 Å². The highest BCUT2D eigenvalue weighted by molar-refractivity contribution is 5.74. The van der Waals surface area contributed by atoms with Gasteiger partial charge in [-0.2, -0.15) is 0 Å². The Balaban J connectivity index is 1.43. The molecule has 132 valence electrons. The van der Waals surface area contributed by atoms with E-state index in [2.05, 4.69) is 41.4 Å². The molecule has 0 aliphatic carbocycles. The van der Waals surface area contributed by atoms with Gasteiger partial charge in [-0.15, -0.1) is 0 Å². The first kappa shape index (κ1) is 17.2. The lowest BCUT2D eigenvalue weighted by atomic mass is 9.99. The van der Waals surface area contributed by atoms with Gasteiger partial charge in [-0.05, 0) is 43.0 Å². The van der Waals surface area contributed by atoms with E-state index in [1.165, 1.54) is 31.5 Å². The maximum absolute atomic E-state index is 12.1. The average molecular weight is 331 g/mol.